The molecule has 0 radical (unpaired) electrons. The van der Waals surface area contributed by atoms with Crippen molar-refractivity contribution < 1.29 is 32.9 Å². The highest BCUT2D eigenvalue weighted by atomic mass is 32.1. The van der Waals surface area contributed by atoms with Crippen LogP contribution in [0.15, 0.2) is 54.6 Å². The molecule has 1 saturated heterocycles. The summed E-state index contributed by atoms with van der Waals surface area (Å²) in [5.74, 6) is -3.44. The molecule has 0 unspecified atom stereocenters. The monoisotopic (exact) mass is 505 g/mol. The van der Waals surface area contributed by atoms with Crippen molar-refractivity contribution in [3.63, 3.8) is 0 Å². The highest BCUT2D eigenvalue weighted by Crippen LogP contribution is 2.65. The highest BCUT2D eigenvalue weighted by Gasteiger charge is 2.51. The van der Waals surface area contributed by atoms with E-state index in [0.717, 1.165) is 11.3 Å². The number of ether oxygens (including phenoxy) is 1. The van der Waals surface area contributed by atoms with Gasteiger partial charge in [0.1, 0.15) is 16.7 Å². The lowest BCUT2D eigenvalue weighted by atomic mass is 10.2. The fourth-order valence-electron chi connectivity index (χ4n) is 3.99. The van der Waals surface area contributed by atoms with E-state index in [0.29, 0.717) is 29.3 Å². The summed E-state index contributed by atoms with van der Waals surface area (Å²) in [6.07, 6.45) is 1.58. The van der Waals surface area contributed by atoms with Crippen molar-refractivity contribution in [2.24, 2.45) is 0 Å². The summed E-state index contributed by atoms with van der Waals surface area (Å²) >= 11 is 1.08. The molecule has 3 atom stereocenters. The van der Waals surface area contributed by atoms with Gasteiger partial charge >= 0.3 is 19.5 Å². The summed E-state index contributed by atoms with van der Waals surface area (Å²) in [5.41, 5.74) is 0.0917. The van der Waals surface area contributed by atoms with Gasteiger partial charge in [-0.1, -0.05) is 31.2 Å². The van der Waals surface area contributed by atoms with E-state index < -0.39 is 31.4 Å². The zero-order chi connectivity index (χ0) is 24.3. The Morgan fingerprint density at radius 1 is 1.24 bits per heavy atom. The van der Waals surface area contributed by atoms with Crippen LogP contribution in [0.4, 0.5) is 4.39 Å². The van der Waals surface area contributed by atoms with Crippen molar-refractivity contribution in [2.75, 3.05) is 13.2 Å². The van der Waals surface area contributed by atoms with Crippen molar-refractivity contribution >= 4 is 40.9 Å². The summed E-state index contributed by atoms with van der Waals surface area (Å²) < 4.78 is 43.7. The van der Waals surface area contributed by atoms with Crippen LogP contribution >= 0.6 is 18.9 Å². The molecule has 2 aromatic carbocycles. The third kappa shape index (κ3) is 4.87. The molecule has 0 bridgehead atoms. The number of fused-ring (bicyclic) bond motifs is 1. The van der Waals surface area contributed by atoms with Gasteiger partial charge in [0.2, 0.25) is 5.91 Å². The number of carbonyl (C=O) groups excluding carboxylic acids is 1. The largest absolute Gasteiger partial charge is 0.477 e. The first-order chi connectivity index (χ1) is 16.3. The number of carbonyl (C=O) groups is 2. The molecular formula is C24H25FNO6PS. The van der Waals surface area contributed by atoms with Gasteiger partial charge in [-0.2, -0.15) is 0 Å². The molecule has 3 aromatic rings. The van der Waals surface area contributed by atoms with Gasteiger partial charge in [-0.15, -0.1) is 11.3 Å². The minimum atomic E-state index is -4.28. The van der Waals surface area contributed by atoms with Crippen LogP contribution in [0.5, 0.6) is 5.75 Å². The van der Waals surface area contributed by atoms with Gasteiger partial charge in [0.25, 0.3) is 0 Å². The van der Waals surface area contributed by atoms with Gasteiger partial charge in [-0.05, 0) is 60.5 Å². The standard InChI is InChI=1S/C24H25FNO6PS/c1-2-13-31-24(29)19-9-6-12-26(19)33(30,32-18-7-4-3-5-8-18)22(25)16-10-11-20-17(14-16)15-21(34-20)23(27)28/h3-5,7-8,10-11,14-15,19,22H,2,6,9,12-13H2,1H3,(H,27,28)/t19-,22-,33-/m0/s1. The van der Waals surface area contributed by atoms with E-state index in [1.165, 1.54) is 22.9 Å². The Morgan fingerprint density at radius 3 is 2.71 bits per heavy atom. The Morgan fingerprint density at radius 2 is 2.00 bits per heavy atom. The second-order valence-corrected chi connectivity index (χ2v) is 11.4. The number of hydrogen-bond donors (Lipinski definition) is 1. The Balaban J connectivity index is 1.73. The molecule has 180 valence electrons. The first-order valence-electron chi connectivity index (χ1n) is 11.0. The van der Waals surface area contributed by atoms with Crippen molar-refractivity contribution in [3.8, 4) is 5.75 Å². The molecule has 0 spiro atoms. The third-order valence-corrected chi connectivity index (χ3v) is 9.24. The second kappa shape index (κ2) is 10.3. The first kappa shape index (κ1) is 24.4. The molecule has 1 fully saturated rings. The smallest absolute Gasteiger partial charge is 0.358 e. The number of esters is 1. The number of rotatable bonds is 9. The number of benzene rings is 2. The van der Waals surface area contributed by atoms with Gasteiger partial charge in [0, 0.05) is 11.2 Å². The molecule has 1 aliphatic rings. The molecule has 4 rings (SSSR count). The quantitative estimate of drug-likeness (QED) is 0.271. The number of thiophene rings is 1. The first-order valence-corrected chi connectivity index (χ1v) is 13.5. The van der Waals surface area contributed by atoms with Gasteiger partial charge in [-0.25, -0.2) is 13.9 Å². The Bertz CT molecular complexity index is 1230. The summed E-state index contributed by atoms with van der Waals surface area (Å²) in [7, 11) is -4.28. The Hall–Kier alpha value is -2.74. The molecule has 2 heterocycles. The van der Waals surface area contributed by atoms with E-state index in [2.05, 4.69) is 0 Å². The number of para-hydroxylation sites is 1. The molecule has 10 heteroatoms. The number of aromatic carboxylic acids is 1. The van der Waals surface area contributed by atoms with Crippen molar-refractivity contribution in [1.29, 1.82) is 0 Å². The average Bonchev–Trinajstić information content (AvgIpc) is 3.50. The van der Waals surface area contributed by atoms with Crippen LogP contribution in [0.25, 0.3) is 10.1 Å². The molecule has 7 nitrogen and oxygen atoms in total. The zero-order valence-electron chi connectivity index (χ0n) is 18.6. The maximum atomic E-state index is 16.2. The topological polar surface area (TPSA) is 93.1 Å². The predicted octanol–water partition coefficient (Wildman–Crippen LogP) is 6.26. The van der Waals surface area contributed by atoms with Crippen LogP contribution < -0.4 is 4.52 Å². The summed E-state index contributed by atoms with van der Waals surface area (Å²) in [6.45, 7) is 2.32. The molecular weight excluding hydrogens is 480 g/mol. The third-order valence-electron chi connectivity index (χ3n) is 5.60. The van der Waals surface area contributed by atoms with Crippen LogP contribution in [0.1, 0.15) is 47.3 Å². The average molecular weight is 506 g/mol. The van der Waals surface area contributed by atoms with Crippen molar-refractivity contribution in [3.05, 3.63) is 65.0 Å². The fraction of sp³-hybridized carbons (Fsp3) is 0.333. The molecule has 1 aromatic heterocycles. The molecule has 0 aliphatic carbocycles. The highest BCUT2D eigenvalue weighted by molar-refractivity contribution is 7.57. The number of halogens is 1. The predicted molar refractivity (Wildman–Crippen MR) is 128 cm³/mol. The Kier molecular flexibility index (Phi) is 7.36. The zero-order valence-corrected chi connectivity index (χ0v) is 20.3. The number of hydrogen-bond acceptors (Lipinski definition) is 6. The van der Waals surface area contributed by atoms with Crippen LogP contribution in [0, 0.1) is 0 Å². The molecule has 0 amide bonds. The van der Waals surface area contributed by atoms with E-state index in [9.17, 15) is 19.3 Å². The number of alkyl halides is 1. The SMILES string of the molecule is CCCOC(=O)[C@@H]1CCCN1[P@@](=O)(Oc1ccccc1)[C@H](F)c1ccc2sc(C(=O)O)cc2c1. The van der Waals surface area contributed by atoms with E-state index in [1.54, 1.807) is 36.4 Å². The van der Waals surface area contributed by atoms with Gasteiger partial charge in [0.15, 0.2) is 0 Å². The maximum Gasteiger partial charge on any atom is 0.358 e. The van der Waals surface area contributed by atoms with Crippen LogP contribution in [0.2, 0.25) is 0 Å². The number of nitrogens with zero attached hydrogens (tertiary/aromatic N) is 1. The lowest BCUT2D eigenvalue weighted by molar-refractivity contribution is -0.147. The van der Waals surface area contributed by atoms with Crippen LogP contribution in [-0.2, 0) is 14.1 Å². The van der Waals surface area contributed by atoms with E-state index in [4.69, 9.17) is 9.26 Å². The number of carboxylic acids is 1. The van der Waals surface area contributed by atoms with Crippen molar-refractivity contribution in [2.45, 2.75) is 38.1 Å². The van der Waals surface area contributed by atoms with Crippen LogP contribution in [0.3, 0.4) is 0 Å². The second-order valence-electron chi connectivity index (χ2n) is 8.01. The number of carboxylic acid groups (broad SMARTS) is 1. The molecule has 34 heavy (non-hydrogen) atoms. The minimum absolute atomic E-state index is 0.0917. The van der Waals surface area contributed by atoms with Gasteiger partial charge < -0.3 is 14.4 Å². The van der Waals surface area contributed by atoms with E-state index in [1.807, 2.05) is 6.92 Å². The molecule has 0 saturated carbocycles. The van der Waals surface area contributed by atoms with Gasteiger partial charge in [-0.3, -0.25) is 9.36 Å². The minimum Gasteiger partial charge on any atom is -0.477 e. The molecule has 1 aliphatic heterocycles. The molecule has 1 N–H and O–H groups in total. The lowest BCUT2D eigenvalue weighted by Gasteiger charge is -2.33. The normalized spacial score (nSPS) is 18.9. The van der Waals surface area contributed by atoms with E-state index in [-0.39, 0.29) is 29.3 Å². The summed E-state index contributed by atoms with van der Waals surface area (Å²) in [4.78, 5) is 24.1. The summed E-state index contributed by atoms with van der Waals surface area (Å²) in [6, 6.07) is 13.5. The van der Waals surface area contributed by atoms with Crippen molar-refractivity contribution in [1.82, 2.24) is 4.67 Å². The van der Waals surface area contributed by atoms with Gasteiger partial charge in [0.05, 0.1) is 6.61 Å². The maximum absolute atomic E-state index is 16.2. The Labute approximate surface area is 200 Å². The lowest BCUT2D eigenvalue weighted by Crippen LogP contribution is -2.37. The summed E-state index contributed by atoms with van der Waals surface area (Å²) in [5, 5.41) is 9.80. The van der Waals surface area contributed by atoms with E-state index >= 15 is 4.39 Å². The van der Waals surface area contributed by atoms with Crippen LogP contribution in [-0.4, -0.2) is 40.9 Å². The fourth-order valence-corrected chi connectivity index (χ4v) is 7.31.